The molecular weight excluding hydrogens is 262 g/mol. The van der Waals surface area contributed by atoms with Crippen molar-refractivity contribution < 1.29 is 4.79 Å². The van der Waals surface area contributed by atoms with Crippen LogP contribution in [0.15, 0.2) is 36.4 Å². The molecule has 1 amide bonds. The number of rotatable bonds is 3. The number of benzene rings is 2. The number of aryl methyl sites for hydroxylation is 1. The number of nitrogens with two attached hydrogens (primary N) is 2. The van der Waals surface area contributed by atoms with Gasteiger partial charge < -0.3 is 16.8 Å². The molecule has 5 N–H and O–H groups in total. The van der Waals surface area contributed by atoms with Crippen LogP contribution in [0.4, 0.5) is 17.1 Å². The number of hydrogen-bond donors (Lipinski definition) is 3. The van der Waals surface area contributed by atoms with Gasteiger partial charge in [0, 0.05) is 16.4 Å². The highest BCUT2D eigenvalue weighted by Gasteiger charge is 2.09. The Hall–Kier alpha value is -2.20. The summed E-state index contributed by atoms with van der Waals surface area (Å²) in [5.41, 5.74) is 14.3. The maximum atomic E-state index is 11.4. The summed E-state index contributed by atoms with van der Waals surface area (Å²) >= 11 is 6.06. The van der Waals surface area contributed by atoms with Crippen molar-refractivity contribution in [1.82, 2.24) is 0 Å². The van der Waals surface area contributed by atoms with E-state index in [0.29, 0.717) is 22.0 Å². The Morgan fingerprint density at radius 1 is 1.21 bits per heavy atom. The third-order valence-corrected chi connectivity index (χ3v) is 3.17. The van der Waals surface area contributed by atoms with Crippen molar-refractivity contribution in [3.05, 3.63) is 52.5 Å². The van der Waals surface area contributed by atoms with Crippen LogP contribution < -0.4 is 16.8 Å². The first-order chi connectivity index (χ1) is 8.97. The normalized spacial score (nSPS) is 10.2. The number of nitrogen functional groups attached to an aromatic ring is 1. The summed E-state index contributed by atoms with van der Waals surface area (Å²) in [6.07, 6.45) is 0. The van der Waals surface area contributed by atoms with Crippen LogP contribution in [0.25, 0.3) is 0 Å². The van der Waals surface area contributed by atoms with Crippen LogP contribution >= 0.6 is 11.6 Å². The predicted octanol–water partition coefficient (Wildman–Crippen LogP) is 3.07. The number of carbonyl (C=O) groups is 1. The van der Waals surface area contributed by atoms with Gasteiger partial charge in [-0.2, -0.15) is 0 Å². The van der Waals surface area contributed by atoms with Crippen molar-refractivity contribution in [2.75, 3.05) is 11.1 Å². The summed E-state index contributed by atoms with van der Waals surface area (Å²) in [4.78, 5) is 11.4. The highest BCUT2D eigenvalue weighted by Crippen LogP contribution is 2.26. The Bertz CT molecular complexity index is 641. The molecule has 0 aliphatic heterocycles. The molecule has 0 saturated carbocycles. The Labute approximate surface area is 116 Å². The lowest BCUT2D eigenvalue weighted by Crippen LogP contribution is -2.13. The SMILES string of the molecule is Cc1ccc(Nc2cc(N)ccc2C(N)=O)cc1Cl. The molecule has 0 unspecified atom stereocenters. The van der Waals surface area contributed by atoms with Gasteiger partial charge in [-0.25, -0.2) is 0 Å². The molecule has 0 atom stereocenters. The molecule has 2 aromatic rings. The second-order valence-corrected chi connectivity index (χ2v) is 4.67. The van der Waals surface area contributed by atoms with Crippen molar-refractivity contribution >= 4 is 34.6 Å². The summed E-state index contributed by atoms with van der Waals surface area (Å²) < 4.78 is 0. The van der Waals surface area contributed by atoms with Gasteiger partial charge >= 0.3 is 0 Å². The summed E-state index contributed by atoms with van der Waals surface area (Å²) in [5, 5.41) is 3.75. The van der Waals surface area contributed by atoms with E-state index in [4.69, 9.17) is 23.1 Å². The first-order valence-corrected chi connectivity index (χ1v) is 6.07. The van der Waals surface area contributed by atoms with Crippen molar-refractivity contribution in [2.24, 2.45) is 5.73 Å². The predicted molar refractivity (Wildman–Crippen MR) is 78.8 cm³/mol. The molecule has 0 saturated heterocycles. The summed E-state index contributed by atoms with van der Waals surface area (Å²) in [5.74, 6) is -0.513. The third kappa shape index (κ3) is 2.98. The number of hydrogen-bond acceptors (Lipinski definition) is 3. The van der Waals surface area contributed by atoms with Crippen molar-refractivity contribution in [2.45, 2.75) is 6.92 Å². The number of anilines is 3. The Balaban J connectivity index is 2.39. The fourth-order valence-electron chi connectivity index (χ4n) is 1.71. The van der Waals surface area contributed by atoms with Crippen molar-refractivity contribution in [1.29, 1.82) is 0 Å². The Morgan fingerprint density at radius 3 is 2.58 bits per heavy atom. The first-order valence-electron chi connectivity index (χ1n) is 5.70. The third-order valence-electron chi connectivity index (χ3n) is 2.76. The lowest BCUT2D eigenvalue weighted by molar-refractivity contribution is 0.100. The fraction of sp³-hybridized carbons (Fsp3) is 0.0714. The molecule has 0 heterocycles. The standard InChI is InChI=1S/C14H14ClN3O/c1-8-2-4-10(7-12(8)15)18-13-6-9(16)3-5-11(13)14(17)19/h2-7,18H,16H2,1H3,(H2,17,19). The van der Waals surface area contributed by atoms with E-state index in [-0.39, 0.29) is 0 Å². The zero-order valence-electron chi connectivity index (χ0n) is 10.4. The molecule has 4 nitrogen and oxygen atoms in total. The van der Waals surface area contributed by atoms with Crippen LogP contribution in [0, 0.1) is 6.92 Å². The van der Waals surface area contributed by atoms with Crippen LogP contribution in [0.3, 0.4) is 0 Å². The molecule has 0 aromatic heterocycles. The summed E-state index contributed by atoms with van der Waals surface area (Å²) in [6.45, 7) is 1.92. The van der Waals surface area contributed by atoms with Crippen LogP contribution in [-0.2, 0) is 0 Å². The van der Waals surface area contributed by atoms with Crippen LogP contribution in [-0.4, -0.2) is 5.91 Å². The molecule has 19 heavy (non-hydrogen) atoms. The van der Waals surface area contributed by atoms with E-state index in [1.54, 1.807) is 24.3 Å². The van der Waals surface area contributed by atoms with Gasteiger partial charge in [0.15, 0.2) is 0 Å². The molecule has 0 aliphatic carbocycles. The maximum absolute atomic E-state index is 11.4. The number of nitrogens with one attached hydrogen (secondary N) is 1. The van der Waals surface area contributed by atoms with Crippen LogP contribution in [0.5, 0.6) is 0 Å². The van der Waals surface area contributed by atoms with E-state index >= 15 is 0 Å². The fourth-order valence-corrected chi connectivity index (χ4v) is 1.89. The van der Waals surface area contributed by atoms with E-state index in [1.807, 2.05) is 19.1 Å². The topological polar surface area (TPSA) is 81.1 Å². The largest absolute Gasteiger partial charge is 0.399 e. The number of halogens is 1. The zero-order valence-corrected chi connectivity index (χ0v) is 11.2. The first kappa shape index (κ1) is 13.2. The minimum absolute atomic E-state index is 0.380. The van der Waals surface area contributed by atoms with Crippen molar-refractivity contribution in [3.63, 3.8) is 0 Å². The van der Waals surface area contributed by atoms with Crippen molar-refractivity contribution in [3.8, 4) is 0 Å². The van der Waals surface area contributed by atoms with Crippen LogP contribution in [0.2, 0.25) is 5.02 Å². The summed E-state index contributed by atoms with van der Waals surface area (Å²) in [7, 11) is 0. The molecule has 0 bridgehead atoms. The maximum Gasteiger partial charge on any atom is 0.250 e. The molecule has 0 aliphatic rings. The quantitative estimate of drug-likeness (QED) is 0.753. The monoisotopic (exact) mass is 275 g/mol. The summed E-state index contributed by atoms with van der Waals surface area (Å²) in [6, 6.07) is 10.4. The second-order valence-electron chi connectivity index (χ2n) is 4.26. The average molecular weight is 276 g/mol. The number of primary amides is 1. The minimum Gasteiger partial charge on any atom is -0.399 e. The highest BCUT2D eigenvalue weighted by molar-refractivity contribution is 6.31. The molecule has 5 heteroatoms. The molecular formula is C14H14ClN3O. The molecule has 2 aromatic carbocycles. The van der Waals surface area contributed by atoms with E-state index in [0.717, 1.165) is 11.3 Å². The molecule has 0 spiro atoms. The van der Waals surface area contributed by atoms with Gasteiger partial charge in [0.1, 0.15) is 0 Å². The minimum atomic E-state index is -0.513. The molecule has 2 rings (SSSR count). The van der Waals surface area contributed by atoms with Gasteiger partial charge in [0.05, 0.1) is 11.3 Å². The molecule has 98 valence electrons. The number of amides is 1. The lowest BCUT2D eigenvalue weighted by Gasteiger charge is -2.12. The zero-order chi connectivity index (χ0) is 14.0. The Kier molecular flexibility index (Phi) is 3.62. The van der Waals surface area contributed by atoms with Crippen LogP contribution in [0.1, 0.15) is 15.9 Å². The van der Waals surface area contributed by atoms with Gasteiger partial charge in [0.25, 0.3) is 5.91 Å². The van der Waals surface area contributed by atoms with E-state index in [9.17, 15) is 4.79 Å². The van der Waals surface area contributed by atoms with Gasteiger partial charge in [0.2, 0.25) is 0 Å². The van der Waals surface area contributed by atoms with Gasteiger partial charge in [-0.15, -0.1) is 0 Å². The van der Waals surface area contributed by atoms with E-state index < -0.39 is 5.91 Å². The Morgan fingerprint density at radius 2 is 1.95 bits per heavy atom. The second kappa shape index (κ2) is 5.20. The molecule has 0 fully saturated rings. The highest BCUT2D eigenvalue weighted by atomic mass is 35.5. The lowest BCUT2D eigenvalue weighted by atomic mass is 10.1. The van der Waals surface area contributed by atoms with E-state index in [2.05, 4.69) is 5.32 Å². The smallest absolute Gasteiger partial charge is 0.250 e. The number of carbonyl (C=O) groups excluding carboxylic acids is 1. The average Bonchev–Trinajstić information content (AvgIpc) is 2.33. The van der Waals surface area contributed by atoms with Gasteiger partial charge in [-0.3, -0.25) is 4.79 Å². The molecule has 0 radical (unpaired) electrons. The van der Waals surface area contributed by atoms with Gasteiger partial charge in [-0.1, -0.05) is 17.7 Å². The van der Waals surface area contributed by atoms with Gasteiger partial charge in [-0.05, 0) is 42.8 Å². The van der Waals surface area contributed by atoms with E-state index in [1.165, 1.54) is 0 Å².